The van der Waals surface area contributed by atoms with Crippen LogP contribution in [0, 0.1) is 6.92 Å². The van der Waals surface area contributed by atoms with E-state index < -0.39 is 0 Å². The maximum atomic E-state index is 11.5. The van der Waals surface area contributed by atoms with E-state index in [1.54, 1.807) is 4.68 Å². The average Bonchev–Trinajstić information content (AvgIpc) is 2.26. The van der Waals surface area contributed by atoms with Crippen LogP contribution in [0.1, 0.15) is 12.1 Å². The Kier molecular flexibility index (Phi) is 3.71. The third-order valence-corrected chi connectivity index (χ3v) is 2.39. The van der Waals surface area contributed by atoms with E-state index in [4.69, 9.17) is 0 Å². The van der Waals surface area contributed by atoms with Gasteiger partial charge in [0.1, 0.15) is 5.82 Å². The molecule has 2 rings (SSSR count). The van der Waals surface area contributed by atoms with Gasteiger partial charge in [-0.05, 0) is 19.9 Å². The van der Waals surface area contributed by atoms with Crippen LogP contribution in [-0.4, -0.2) is 28.3 Å². The largest absolute Gasteiger partial charge is 0.310 e. The van der Waals surface area contributed by atoms with Crippen LogP contribution in [0.3, 0.4) is 0 Å². The fourth-order valence-electron chi connectivity index (χ4n) is 1.45. The van der Waals surface area contributed by atoms with Gasteiger partial charge in [-0.15, -0.1) is 12.4 Å². The maximum Gasteiger partial charge on any atom is 0.242 e. The van der Waals surface area contributed by atoms with Crippen molar-refractivity contribution in [3.8, 4) is 0 Å². The standard InChI is InChI=1S/C9H14N4O.ClH/c1-6-5-8(13(2)12-6)11-9(14)7-3-4-10-7;/h5,7,10H,3-4H2,1-2H3,(H,11,14);1H/t7-;/m1./s1. The van der Waals surface area contributed by atoms with Crippen molar-refractivity contribution in [2.45, 2.75) is 19.4 Å². The second-order valence-electron chi connectivity index (χ2n) is 3.58. The van der Waals surface area contributed by atoms with Crippen molar-refractivity contribution in [3.05, 3.63) is 11.8 Å². The van der Waals surface area contributed by atoms with Gasteiger partial charge < -0.3 is 10.6 Å². The van der Waals surface area contributed by atoms with Gasteiger partial charge in [-0.2, -0.15) is 5.10 Å². The molecule has 2 heterocycles. The zero-order valence-corrected chi connectivity index (χ0v) is 9.60. The zero-order chi connectivity index (χ0) is 10.1. The lowest BCUT2D eigenvalue weighted by atomic mass is 10.1. The van der Waals surface area contributed by atoms with E-state index in [1.807, 2.05) is 20.0 Å². The van der Waals surface area contributed by atoms with E-state index in [0.29, 0.717) is 0 Å². The number of rotatable bonds is 2. The second-order valence-corrected chi connectivity index (χ2v) is 3.58. The highest BCUT2D eigenvalue weighted by Gasteiger charge is 2.24. The molecule has 5 nitrogen and oxygen atoms in total. The highest BCUT2D eigenvalue weighted by Crippen LogP contribution is 2.10. The van der Waals surface area contributed by atoms with Crippen molar-refractivity contribution in [2.75, 3.05) is 11.9 Å². The van der Waals surface area contributed by atoms with Gasteiger partial charge in [0.05, 0.1) is 11.7 Å². The van der Waals surface area contributed by atoms with Crippen molar-refractivity contribution in [3.63, 3.8) is 0 Å². The molecule has 1 atom stereocenters. The molecule has 0 saturated carbocycles. The number of nitrogens with zero attached hydrogens (tertiary/aromatic N) is 2. The van der Waals surface area contributed by atoms with Crippen LogP contribution < -0.4 is 10.6 Å². The number of aromatic nitrogens is 2. The van der Waals surface area contributed by atoms with Crippen LogP contribution in [0.5, 0.6) is 0 Å². The summed E-state index contributed by atoms with van der Waals surface area (Å²) in [5.74, 6) is 0.778. The van der Waals surface area contributed by atoms with Gasteiger partial charge in [0.2, 0.25) is 5.91 Å². The van der Waals surface area contributed by atoms with Crippen LogP contribution in [0.4, 0.5) is 5.82 Å². The van der Waals surface area contributed by atoms with Gasteiger partial charge in [-0.25, -0.2) is 0 Å². The van der Waals surface area contributed by atoms with E-state index in [-0.39, 0.29) is 24.4 Å². The molecule has 6 heteroatoms. The molecular weight excluding hydrogens is 216 g/mol. The smallest absolute Gasteiger partial charge is 0.242 e. The van der Waals surface area contributed by atoms with E-state index in [9.17, 15) is 4.79 Å². The van der Waals surface area contributed by atoms with Gasteiger partial charge in [0.15, 0.2) is 0 Å². The summed E-state index contributed by atoms with van der Waals surface area (Å²) in [6, 6.07) is 1.83. The molecule has 84 valence electrons. The Balaban J connectivity index is 0.00000112. The molecule has 0 aliphatic carbocycles. The Labute approximate surface area is 94.6 Å². The lowest BCUT2D eigenvalue weighted by molar-refractivity contribution is -0.119. The number of carbonyl (C=O) groups excluding carboxylic acids is 1. The first-order valence-corrected chi connectivity index (χ1v) is 4.72. The van der Waals surface area contributed by atoms with E-state index >= 15 is 0 Å². The zero-order valence-electron chi connectivity index (χ0n) is 8.78. The summed E-state index contributed by atoms with van der Waals surface area (Å²) in [4.78, 5) is 11.5. The van der Waals surface area contributed by atoms with Gasteiger partial charge in [-0.3, -0.25) is 9.48 Å². The number of hydrogen-bond acceptors (Lipinski definition) is 3. The van der Waals surface area contributed by atoms with Gasteiger partial charge in [0.25, 0.3) is 0 Å². The lowest BCUT2D eigenvalue weighted by Crippen LogP contribution is -2.51. The number of anilines is 1. The van der Waals surface area contributed by atoms with Crippen molar-refractivity contribution < 1.29 is 4.79 Å². The summed E-state index contributed by atoms with van der Waals surface area (Å²) in [5, 5.41) is 10.0. The third kappa shape index (κ3) is 2.49. The van der Waals surface area contributed by atoms with E-state index in [1.165, 1.54) is 0 Å². The van der Waals surface area contributed by atoms with E-state index in [2.05, 4.69) is 15.7 Å². The number of halogens is 1. The Morgan fingerprint density at radius 3 is 2.80 bits per heavy atom. The first kappa shape index (κ1) is 12.0. The molecule has 0 aromatic carbocycles. The molecule has 15 heavy (non-hydrogen) atoms. The van der Waals surface area contributed by atoms with Crippen LogP contribution in [0.15, 0.2) is 6.07 Å². The number of amides is 1. The fourth-order valence-corrected chi connectivity index (χ4v) is 1.45. The average molecular weight is 231 g/mol. The molecule has 0 bridgehead atoms. The van der Waals surface area contributed by atoms with Crippen LogP contribution in [-0.2, 0) is 11.8 Å². The SMILES string of the molecule is Cc1cc(NC(=O)[C@H]2CCN2)n(C)n1.Cl. The van der Waals surface area contributed by atoms with Gasteiger partial charge in [-0.1, -0.05) is 0 Å². The molecule has 1 aromatic rings. The number of nitrogens with one attached hydrogen (secondary N) is 2. The third-order valence-electron chi connectivity index (χ3n) is 2.39. The number of carbonyl (C=O) groups is 1. The summed E-state index contributed by atoms with van der Waals surface area (Å²) in [5.41, 5.74) is 0.907. The summed E-state index contributed by atoms with van der Waals surface area (Å²) in [6.07, 6.45) is 0.919. The lowest BCUT2D eigenvalue weighted by Gasteiger charge is -2.26. The summed E-state index contributed by atoms with van der Waals surface area (Å²) in [7, 11) is 1.82. The van der Waals surface area contributed by atoms with Crippen molar-refractivity contribution in [2.24, 2.45) is 7.05 Å². The molecule has 1 saturated heterocycles. The quantitative estimate of drug-likeness (QED) is 0.776. The minimum absolute atomic E-state index is 0. The fraction of sp³-hybridized carbons (Fsp3) is 0.556. The molecule has 1 aromatic heterocycles. The highest BCUT2D eigenvalue weighted by atomic mass is 35.5. The first-order valence-electron chi connectivity index (χ1n) is 4.72. The van der Waals surface area contributed by atoms with Crippen LogP contribution >= 0.6 is 12.4 Å². The molecule has 1 aliphatic heterocycles. The summed E-state index contributed by atoms with van der Waals surface area (Å²) in [6.45, 7) is 2.83. The molecule has 0 spiro atoms. The predicted molar refractivity (Wildman–Crippen MR) is 60.2 cm³/mol. The second kappa shape index (κ2) is 4.63. The van der Waals surface area contributed by atoms with Gasteiger partial charge >= 0.3 is 0 Å². The molecule has 0 radical (unpaired) electrons. The Hall–Kier alpha value is -1.07. The van der Waals surface area contributed by atoms with Crippen molar-refractivity contribution >= 4 is 24.1 Å². The van der Waals surface area contributed by atoms with E-state index in [0.717, 1.165) is 24.5 Å². The van der Waals surface area contributed by atoms with Crippen molar-refractivity contribution in [1.29, 1.82) is 0 Å². The number of hydrogen-bond donors (Lipinski definition) is 2. The Morgan fingerprint density at radius 2 is 2.40 bits per heavy atom. The minimum Gasteiger partial charge on any atom is -0.310 e. The molecular formula is C9H15ClN4O. The topological polar surface area (TPSA) is 59.0 Å². The number of aryl methyl sites for hydroxylation is 2. The summed E-state index contributed by atoms with van der Waals surface area (Å²) < 4.78 is 1.67. The van der Waals surface area contributed by atoms with Gasteiger partial charge in [0, 0.05) is 13.1 Å². The normalized spacial score (nSPS) is 18.9. The van der Waals surface area contributed by atoms with Crippen LogP contribution in [0.25, 0.3) is 0 Å². The monoisotopic (exact) mass is 230 g/mol. The molecule has 1 aliphatic rings. The molecule has 0 unspecified atom stereocenters. The molecule has 1 fully saturated rings. The Morgan fingerprint density at radius 1 is 1.73 bits per heavy atom. The van der Waals surface area contributed by atoms with Crippen molar-refractivity contribution in [1.82, 2.24) is 15.1 Å². The molecule has 1 amide bonds. The first-order chi connectivity index (χ1) is 6.66. The van der Waals surface area contributed by atoms with Crippen LogP contribution in [0.2, 0.25) is 0 Å². The Bertz CT molecular complexity index is 359. The minimum atomic E-state index is -0.0230. The summed E-state index contributed by atoms with van der Waals surface area (Å²) >= 11 is 0. The molecule has 2 N–H and O–H groups in total. The predicted octanol–water partition coefficient (Wildman–Crippen LogP) is 0.451. The highest BCUT2D eigenvalue weighted by molar-refractivity contribution is 5.94. The maximum absolute atomic E-state index is 11.5.